The monoisotopic (exact) mass is 485 g/mol. The number of hydrogen-bond acceptors (Lipinski definition) is 4. The summed E-state index contributed by atoms with van der Waals surface area (Å²) in [5.74, 6) is -2.26. The van der Waals surface area contributed by atoms with Gasteiger partial charge in [0.25, 0.3) is 11.8 Å². The molecular weight excluding hydrogens is 462 g/mol. The lowest BCUT2D eigenvalue weighted by Gasteiger charge is -2.20. The van der Waals surface area contributed by atoms with Gasteiger partial charge in [0.05, 0.1) is 6.04 Å². The van der Waals surface area contributed by atoms with Crippen molar-refractivity contribution >= 4 is 17.8 Å². The smallest absolute Gasteiger partial charge is 0.422 e. The lowest BCUT2D eigenvalue weighted by atomic mass is 10.0. The summed E-state index contributed by atoms with van der Waals surface area (Å²) in [6.07, 6.45) is -3.99. The third-order valence-electron chi connectivity index (χ3n) is 4.83. The van der Waals surface area contributed by atoms with Gasteiger partial charge in [0.15, 0.2) is 12.4 Å². The van der Waals surface area contributed by atoms with E-state index < -0.39 is 41.1 Å². The van der Waals surface area contributed by atoms with Gasteiger partial charge in [0.2, 0.25) is 0 Å². The van der Waals surface area contributed by atoms with Gasteiger partial charge in [0.1, 0.15) is 16.9 Å². The number of alkyl halides is 3. The summed E-state index contributed by atoms with van der Waals surface area (Å²) in [5, 5.41) is 13.7. The number of amides is 4. The zero-order chi connectivity index (χ0) is 25.6. The average molecular weight is 485 g/mol. The molecule has 13 heteroatoms. The van der Waals surface area contributed by atoms with Crippen molar-refractivity contribution in [2.45, 2.75) is 33.0 Å². The summed E-state index contributed by atoms with van der Waals surface area (Å²) in [7, 11) is 0. The van der Waals surface area contributed by atoms with E-state index in [1.807, 2.05) is 10.9 Å². The predicted molar refractivity (Wildman–Crippen MR) is 112 cm³/mol. The Morgan fingerprint density at radius 1 is 1.06 bits per heavy atom. The standard InChI is InChI=1S/C21H23F4N5O4/c1-4-29(5-2)19(32)13-6-7-16(17(22)9-13)12(3)26-20(33)28-27-18(31)14-8-15(21(23,24)25)11-30(34)10-14/h6-12H,4-5H2,1-3H3,(H,27,31)(H2,26,28,33)/t12-/m1/s1. The molecule has 0 fully saturated rings. The molecular formula is C21H23F4N5O4. The number of carbonyl (C=O) groups is 3. The molecule has 0 aliphatic carbocycles. The number of hydrazine groups is 1. The molecule has 184 valence electrons. The quantitative estimate of drug-likeness (QED) is 0.252. The van der Waals surface area contributed by atoms with Gasteiger partial charge in [-0.2, -0.15) is 17.9 Å². The van der Waals surface area contributed by atoms with E-state index in [0.29, 0.717) is 25.4 Å². The largest absolute Gasteiger partial charge is 0.619 e. The second-order valence-corrected chi connectivity index (χ2v) is 7.16. The maximum Gasteiger partial charge on any atom is 0.422 e. The first-order chi connectivity index (χ1) is 15.9. The molecule has 2 aromatic rings. The number of pyridine rings is 1. The summed E-state index contributed by atoms with van der Waals surface area (Å²) >= 11 is 0. The minimum atomic E-state index is -4.85. The number of halogens is 4. The van der Waals surface area contributed by atoms with E-state index in [9.17, 15) is 37.2 Å². The highest BCUT2D eigenvalue weighted by Crippen LogP contribution is 2.28. The lowest BCUT2D eigenvalue weighted by molar-refractivity contribution is -0.606. The van der Waals surface area contributed by atoms with E-state index in [2.05, 4.69) is 5.32 Å². The van der Waals surface area contributed by atoms with Gasteiger partial charge < -0.3 is 15.4 Å². The Morgan fingerprint density at radius 3 is 2.26 bits per heavy atom. The highest BCUT2D eigenvalue weighted by atomic mass is 19.4. The summed E-state index contributed by atoms with van der Waals surface area (Å²) in [6, 6.07) is 2.37. The van der Waals surface area contributed by atoms with Crippen LogP contribution in [0.2, 0.25) is 0 Å². The van der Waals surface area contributed by atoms with Crippen LogP contribution in [-0.2, 0) is 6.18 Å². The first-order valence-corrected chi connectivity index (χ1v) is 10.1. The number of urea groups is 1. The molecule has 1 aromatic carbocycles. The van der Waals surface area contributed by atoms with Crippen LogP contribution in [0.25, 0.3) is 0 Å². The van der Waals surface area contributed by atoms with Crippen molar-refractivity contribution in [3.63, 3.8) is 0 Å². The number of hydrogen-bond donors (Lipinski definition) is 3. The molecule has 0 bridgehead atoms. The van der Waals surface area contributed by atoms with Crippen molar-refractivity contribution in [3.05, 3.63) is 69.9 Å². The fraction of sp³-hybridized carbons (Fsp3) is 0.333. The Morgan fingerprint density at radius 2 is 1.71 bits per heavy atom. The summed E-state index contributed by atoms with van der Waals surface area (Å²) in [5.41, 5.74) is 1.99. The maximum absolute atomic E-state index is 14.6. The molecule has 0 unspecified atom stereocenters. The fourth-order valence-corrected chi connectivity index (χ4v) is 3.03. The van der Waals surface area contributed by atoms with Gasteiger partial charge in [-0.3, -0.25) is 15.0 Å². The van der Waals surface area contributed by atoms with Crippen LogP contribution in [-0.4, -0.2) is 35.8 Å². The molecule has 4 amide bonds. The van der Waals surface area contributed by atoms with Crippen LogP contribution in [0.1, 0.15) is 58.7 Å². The Balaban J connectivity index is 2.01. The Kier molecular flexibility index (Phi) is 8.38. The molecule has 0 saturated heterocycles. The van der Waals surface area contributed by atoms with Gasteiger partial charge in [-0.05, 0) is 39.0 Å². The van der Waals surface area contributed by atoms with Crippen molar-refractivity contribution < 1.29 is 36.7 Å². The fourth-order valence-electron chi connectivity index (χ4n) is 3.03. The van der Waals surface area contributed by atoms with Crippen LogP contribution in [0.15, 0.2) is 36.7 Å². The molecule has 34 heavy (non-hydrogen) atoms. The average Bonchev–Trinajstić information content (AvgIpc) is 2.76. The van der Waals surface area contributed by atoms with Gasteiger partial charge >= 0.3 is 12.2 Å². The van der Waals surface area contributed by atoms with Crippen LogP contribution in [0.5, 0.6) is 0 Å². The van der Waals surface area contributed by atoms with Gasteiger partial charge in [0, 0.05) is 24.2 Å². The lowest BCUT2D eigenvalue weighted by Crippen LogP contribution is -2.48. The molecule has 3 N–H and O–H groups in total. The second kappa shape index (κ2) is 10.8. The van der Waals surface area contributed by atoms with Gasteiger partial charge in [-0.1, -0.05) is 6.07 Å². The normalized spacial score (nSPS) is 12.0. The zero-order valence-corrected chi connectivity index (χ0v) is 18.5. The Labute approximate surface area is 192 Å². The molecule has 1 atom stereocenters. The van der Waals surface area contributed by atoms with Crippen LogP contribution in [0, 0.1) is 11.0 Å². The summed E-state index contributed by atoms with van der Waals surface area (Å²) < 4.78 is 52.7. The molecule has 0 aliphatic rings. The van der Waals surface area contributed by atoms with E-state index in [1.54, 1.807) is 13.8 Å². The van der Waals surface area contributed by atoms with Crippen LogP contribution in [0.4, 0.5) is 22.4 Å². The number of rotatable bonds is 6. The first kappa shape index (κ1) is 26.4. The topological polar surface area (TPSA) is 117 Å². The van der Waals surface area contributed by atoms with Crippen molar-refractivity contribution in [2.75, 3.05) is 13.1 Å². The molecule has 0 spiro atoms. The van der Waals surface area contributed by atoms with Crippen molar-refractivity contribution in [3.8, 4) is 0 Å². The van der Waals surface area contributed by atoms with E-state index in [0.717, 1.165) is 6.07 Å². The first-order valence-electron chi connectivity index (χ1n) is 10.1. The molecule has 9 nitrogen and oxygen atoms in total. The van der Waals surface area contributed by atoms with E-state index in [-0.39, 0.29) is 28.0 Å². The number of aromatic nitrogens is 1. The van der Waals surface area contributed by atoms with Crippen LogP contribution in [0.3, 0.4) is 0 Å². The Bertz CT molecular complexity index is 1070. The molecule has 1 aromatic heterocycles. The molecule has 1 heterocycles. The predicted octanol–water partition coefficient (Wildman–Crippen LogP) is 2.67. The third-order valence-corrected chi connectivity index (χ3v) is 4.83. The van der Waals surface area contributed by atoms with E-state index in [4.69, 9.17) is 0 Å². The van der Waals surface area contributed by atoms with Crippen LogP contribution >= 0.6 is 0 Å². The zero-order valence-electron chi connectivity index (χ0n) is 18.5. The van der Waals surface area contributed by atoms with E-state index in [1.165, 1.54) is 24.0 Å². The van der Waals surface area contributed by atoms with Gasteiger partial charge in [-0.25, -0.2) is 14.6 Å². The van der Waals surface area contributed by atoms with Crippen molar-refractivity contribution in [1.29, 1.82) is 0 Å². The van der Waals surface area contributed by atoms with Crippen molar-refractivity contribution in [1.82, 2.24) is 21.1 Å². The summed E-state index contributed by atoms with van der Waals surface area (Å²) in [6.45, 7) is 5.94. The van der Waals surface area contributed by atoms with Gasteiger partial charge in [-0.15, -0.1) is 0 Å². The molecule has 0 saturated carbocycles. The summed E-state index contributed by atoms with van der Waals surface area (Å²) in [4.78, 5) is 37.9. The number of nitrogens with zero attached hydrogens (tertiary/aromatic N) is 2. The van der Waals surface area contributed by atoms with Crippen molar-refractivity contribution in [2.24, 2.45) is 0 Å². The molecule has 0 radical (unpaired) electrons. The second-order valence-electron chi connectivity index (χ2n) is 7.16. The minimum absolute atomic E-state index is 0.0582. The molecule has 2 rings (SSSR count). The number of nitrogens with one attached hydrogen (secondary N) is 3. The van der Waals surface area contributed by atoms with Crippen LogP contribution < -0.4 is 20.9 Å². The third kappa shape index (κ3) is 6.56. The number of benzene rings is 1. The maximum atomic E-state index is 14.6. The number of carbonyl (C=O) groups excluding carboxylic acids is 3. The highest BCUT2D eigenvalue weighted by molar-refractivity contribution is 5.95. The molecule has 0 aliphatic heterocycles. The van der Waals surface area contributed by atoms with E-state index >= 15 is 0 Å². The Hall–Kier alpha value is -3.90. The SMILES string of the molecule is CCN(CC)C(=O)c1ccc([C@@H](C)NC(=O)NNC(=O)c2cc(C(F)(F)F)c[n+]([O-])c2)c(F)c1. The highest BCUT2D eigenvalue weighted by Gasteiger charge is 2.34. The minimum Gasteiger partial charge on any atom is -0.619 e.